The Hall–Kier alpha value is -3.41. The third-order valence-corrected chi connectivity index (χ3v) is 3.15. The summed E-state index contributed by atoms with van der Waals surface area (Å²) in [5, 5.41) is 2.60. The molecule has 0 aliphatic rings. The monoisotopic (exact) mass is 307 g/mol. The van der Waals surface area contributed by atoms with Gasteiger partial charge in [0.2, 0.25) is 5.91 Å². The molecule has 2 aromatic carbocycles. The molecule has 0 saturated heterocycles. The van der Waals surface area contributed by atoms with E-state index in [4.69, 9.17) is 4.74 Å². The molecule has 2 N–H and O–H groups in total. The lowest BCUT2D eigenvalue weighted by molar-refractivity contribution is -0.111. The lowest BCUT2D eigenvalue weighted by atomic mass is 10.2. The van der Waals surface area contributed by atoms with Crippen molar-refractivity contribution in [1.29, 1.82) is 0 Å². The highest BCUT2D eigenvalue weighted by molar-refractivity contribution is 5.99. The molecule has 0 unspecified atom stereocenters. The number of aromatic nitrogens is 2. The Bertz CT molecular complexity index is 899. The third kappa shape index (κ3) is 3.26. The maximum Gasteiger partial charge on any atom is 0.343 e. The molecule has 0 saturated carbocycles. The molecule has 23 heavy (non-hydrogen) atoms. The second-order valence-corrected chi connectivity index (χ2v) is 4.75. The minimum absolute atomic E-state index is 0.335. The van der Waals surface area contributed by atoms with Crippen molar-refractivity contribution in [2.75, 3.05) is 5.32 Å². The Morgan fingerprint density at radius 2 is 2.09 bits per heavy atom. The number of nitrogens with zero attached hydrogens (tertiary/aromatic N) is 1. The molecule has 6 heteroatoms. The number of fused-ring (bicyclic) bond motifs is 1. The minimum atomic E-state index is -0.492. The van der Waals surface area contributed by atoms with Crippen LogP contribution in [0.4, 0.5) is 5.69 Å². The van der Waals surface area contributed by atoms with Gasteiger partial charge in [-0.1, -0.05) is 12.6 Å². The molecule has 0 spiro atoms. The number of imidazole rings is 1. The van der Waals surface area contributed by atoms with Gasteiger partial charge in [0.15, 0.2) is 0 Å². The number of carbonyl (C=O) groups excluding carboxylic acids is 2. The normalized spacial score (nSPS) is 10.3. The van der Waals surface area contributed by atoms with Crippen LogP contribution >= 0.6 is 0 Å². The lowest BCUT2D eigenvalue weighted by Crippen LogP contribution is -2.10. The quantitative estimate of drug-likeness (QED) is 0.441. The highest BCUT2D eigenvalue weighted by atomic mass is 16.5. The zero-order valence-corrected chi connectivity index (χ0v) is 12.1. The first-order chi connectivity index (χ1) is 11.2. The Labute approximate surface area is 131 Å². The van der Waals surface area contributed by atoms with Crippen LogP contribution in [0.25, 0.3) is 11.0 Å². The molecule has 0 fully saturated rings. The number of amides is 1. The van der Waals surface area contributed by atoms with Crippen molar-refractivity contribution in [1.82, 2.24) is 9.97 Å². The van der Waals surface area contributed by atoms with Gasteiger partial charge in [0, 0.05) is 11.8 Å². The molecule has 6 nitrogen and oxygen atoms in total. The number of hydrogen-bond donors (Lipinski definition) is 2. The van der Waals surface area contributed by atoms with Crippen molar-refractivity contribution < 1.29 is 14.3 Å². The van der Waals surface area contributed by atoms with Gasteiger partial charge < -0.3 is 15.0 Å². The van der Waals surface area contributed by atoms with Crippen molar-refractivity contribution in [3.05, 3.63) is 67.0 Å². The zero-order chi connectivity index (χ0) is 16.2. The van der Waals surface area contributed by atoms with Gasteiger partial charge in [0.1, 0.15) is 5.75 Å². The molecule has 3 aromatic rings. The summed E-state index contributed by atoms with van der Waals surface area (Å²) in [6.07, 6.45) is 2.73. The van der Waals surface area contributed by atoms with E-state index >= 15 is 0 Å². The molecule has 0 aliphatic carbocycles. The number of nitrogens with one attached hydrogen (secondary N) is 2. The summed E-state index contributed by atoms with van der Waals surface area (Å²) in [4.78, 5) is 30.5. The summed E-state index contributed by atoms with van der Waals surface area (Å²) in [7, 11) is 0. The van der Waals surface area contributed by atoms with E-state index in [0.29, 0.717) is 17.0 Å². The lowest BCUT2D eigenvalue weighted by Gasteiger charge is -2.07. The van der Waals surface area contributed by atoms with Crippen LogP contribution in [-0.4, -0.2) is 21.8 Å². The predicted octanol–water partition coefficient (Wildman–Crippen LogP) is 2.91. The van der Waals surface area contributed by atoms with Gasteiger partial charge in [0.25, 0.3) is 0 Å². The third-order valence-electron chi connectivity index (χ3n) is 3.15. The molecular weight excluding hydrogens is 294 g/mol. The van der Waals surface area contributed by atoms with Crippen LogP contribution in [-0.2, 0) is 4.79 Å². The highest BCUT2D eigenvalue weighted by Gasteiger charge is 2.10. The van der Waals surface area contributed by atoms with E-state index in [-0.39, 0.29) is 5.91 Å². The topological polar surface area (TPSA) is 84.1 Å². The van der Waals surface area contributed by atoms with Crippen LogP contribution in [0.2, 0.25) is 0 Å². The van der Waals surface area contributed by atoms with Crippen LogP contribution in [0.5, 0.6) is 5.75 Å². The van der Waals surface area contributed by atoms with Crippen molar-refractivity contribution in [3.8, 4) is 5.75 Å². The van der Waals surface area contributed by atoms with Gasteiger partial charge in [-0.25, -0.2) is 9.78 Å². The van der Waals surface area contributed by atoms with E-state index in [1.54, 1.807) is 48.8 Å². The predicted molar refractivity (Wildman–Crippen MR) is 86.3 cm³/mol. The maximum absolute atomic E-state index is 12.2. The number of hydrogen-bond acceptors (Lipinski definition) is 4. The fourth-order valence-electron chi connectivity index (χ4n) is 2.06. The Morgan fingerprint density at radius 3 is 2.91 bits per heavy atom. The second kappa shape index (κ2) is 6.15. The molecule has 114 valence electrons. The van der Waals surface area contributed by atoms with Crippen LogP contribution in [0.1, 0.15) is 10.4 Å². The van der Waals surface area contributed by atoms with E-state index in [1.165, 1.54) is 0 Å². The van der Waals surface area contributed by atoms with E-state index in [1.807, 2.05) is 0 Å². The molecule has 0 atom stereocenters. The number of anilines is 1. The maximum atomic E-state index is 12.2. The minimum Gasteiger partial charge on any atom is -0.423 e. The summed E-state index contributed by atoms with van der Waals surface area (Å²) in [6, 6.07) is 11.6. The van der Waals surface area contributed by atoms with Crippen molar-refractivity contribution in [2.45, 2.75) is 0 Å². The fraction of sp³-hybridized carbons (Fsp3) is 0. The summed E-state index contributed by atoms with van der Waals surface area (Å²) >= 11 is 0. The summed E-state index contributed by atoms with van der Waals surface area (Å²) in [5.74, 6) is -0.492. The largest absolute Gasteiger partial charge is 0.423 e. The fourth-order valence-corrected chi connectivity index (χ4v) is 2.06. The first-order valence-electron chi connectivity index (χ1n) is 6.84. The summed E-state index contributed by atoms with van der Waals surface area (Å²) in [5.41, 5.74) is 2.45. The van der Waals surface area contributed by atoms with E-state index in [0.717, 1.165) is 17.1 Å². The number of benzene rings is 2. The van der Waals surface area contributed by atoms with Gasteiger partial charge in [-0.15, -0.1) is 0 Å². The number of H-pyrrole nitrogens is 1. The Balaban J connectivity index is 1.77. The molecule has 1 heterocycles. The van der Waals surface area contributed by atoms with Crippen molar-refractivity contribution in [2.24, 2.45) is 0 Å². The number of rotatable bonds is 4. The Kier molecular flexibility index (Phi) is 3.88. The van der Waals surface area contributed by atoms with Gasteiger partial charge in [-0.05, 0) is 36.4 Å². The first kappa shape index (κ1) is 14.5. The second-order valence-electron chi connectivity index (χ2n) is 4.75. The van der Waals surface area contributed by atoms with Gasteiger partial charge in [-0.2, -0.15) is 0 Å². The zero-order valence-electron chi connectivity index (χ0n) is 12.1. The summed E-state index contributed by atoms with van der Waals surface area (Å²) < 4.78 is 5.33. The smallest absolute Gasteiger partial charge is 0.343 e. The SMILES string of the molecule is C=CC(=O)Nc1cccc(OC(=O)c2ccc3nc[nH]c3c2)c1. The molecule has 3 rings (SSSR count). The van der Waals surface area contributed by atoms with Gasteiger partial charge in [0.05, 0.1) is 22.9 Å². The standard InChI is InChI=1S/C17H13N3O3/c1-2-16(21)20-12-4-3-5-13(9-12)23-17(22)11-6-7-14-15(8-11)19-10-18-14/h2-10H,1H2,(H,18,19)(H,20,21). The van der Waals surface area contributed by atoms with Crippen molar-refractivity contribution in [3.63, 3.8) is 0 Å². The molecule has 0 bridgehead atoms. The van der Waals surface area contributed by atoms with E-state index in [9.17, 15) is 9.59 Å². The number of carbonyl (C=O) groups is 2. The number of ether oxygens (including phenoxy) is 1. The first-order valence-corrected chi connectivity index (χ1v) is 6.84. The molecular formula is C17H13N3O3. The average Bonchev–Trinajstić information content (AvgIpc) is 3.02. The van der Waals surface area contributed by atoms with Gasteiger partial charge >= 0.3 is 5.97 Å². The highest BCUT2D eigenvalue weighted by Crippen LogP contribution is 2.19. The van der Waals surface area contributed by atoms with E-state index < -0.39 is 5.97 Å². The number of esters is 1. The average molecular weight is 307 g/mol. The van der Waals surface area contributed by atoms with Crippen LogP contribution in [0.15, 0.2) is 61.4 Å². The number of aromatic amines is 1. The van der Waals surface area contributed by atoms with Crippen LogP contribution in [0.3, 0.4) is 0 Å². The molecule has 0 radical (unpaired) electrons. The molecule has 1 aromatic heterocycles. The van der Waals surface area contributed by atoms with Gasteiger partial charge in [-0.3, -0.25) is 4.79 Å². The summed E-state index contributed by atoms with van der Waals surface area (Å²) in [6.45, 7) is 3.38. The van der Waals surface area contributed by atoms with Crippen LogP contribution < -0.4 is 10.1 Å². The Morgan fingerprint density at radius 1 is 1.22 bits per heavy atom. The molecule has 0 aliphatic heterocycles. The molecule has 1 amide bonds. The van der Waals surface area contributed by atoms with Crippen molar-refractivity contribution >= 4 is 28.6 Å². The van der Waals surface area contributed by atoms with E-state index in [2.05, 4.69) is 21.9 Å². The van der Waals surface area contributed by atoms with Crippen LogP contribution in [0, 0.1) is 0 Å².